The molecule has 2 amide bonds. The highest BCUT2D eigenvalue weighted by molar-refractivity contribution is 5.90. The van der Waals surface area contributed by atoms with Gasteiger partial charge in [0.25, 0.3) is 5.91 Å². The molecule has 0 aliphatic rings. The summed E-state index contributed by atoms with van der Waals surface area (Å²) in [6.07, 6.45) is 0. The first-order chi connectivity index (χ1) is 14.7. The van der Waals surface area contributed by atoms with Crippen LogP contribution < -0.4 is 10.1 Å². The Labute approximate surface area is 184 Å². The average molecular weight is 419 g/mol. The molecule has 0 aliphatic carbocycles. The van der Waals surface area contributed by atoms with Gasteiger partial charge in [-0.2, -0.15) is 0 Å². The van der Waals surface area contributed by atoms with Gasteiger partial charge in [0.1, 0.15) is 11.8 Å². The Morgan fingerprint density at radius 3 is 2.29 bits per heavy atom. The first-order valence-corrected chi connectivity index (χ1v) is 10.5. The van der Waals surface area contributed by atoms with Crippen molar-refractivity contribution in [2.75, 3.05) is 6.61 Å². The smallest absolute Gasteiger partial charge is 0.261 e. The molecule has 5 heteroatoms. The number of carbonyl (C=O) groups excluding carboxylic acids is 2. The van der Waals surface area contributed by atoms with Gasteiger partial charge in [-0.05, 0) is 44.7 Å². The lowest BCUT2D eigenvalue weighted by Crippen LogP contribution is -2.53. The zero-order chi connectivity index (χ0) is 22.4. The molecule has 0 aromatic heterocycles. The molecule has 0 unspecified atom stereocenters. The maximum absolute atomic E-state index is 13.2. The highest BCUT2D eigenvalue weighted by Gasteiger charge is 2.28. The summed E-state index contributed by atoms with van der Waals surface area (Å²) in [4.78, 5) is 27.6. The van der Waals surface area contributed by atoms with Crippen molar-refractivity contribution in [2.45, 2.75) is 45.8 Å². The Balaban J connectivity index is 1.78. The molecule has 3 rings (SSSR count). The highest BCUT2D eigenvalue weighted by atomic mass is 16.5. The summed E-state index contributed by atoms with van der Waals surface area (Å²) in [6.45, 7) is 7.70. The third kappa shape index (κ3) is 6.07. The molecule has 0 saturated heterocycles. The molecule has 1 atom stereocenters. The lowest BCUT2D eigenvalue weighted by molar-refractivity contribution is -0.142. The van der Waals surface area contributed by atoms with Gasteiger partial charge >= 0.3 is 0 Å². The van der Waals surface area contributed by atoms with Gasteiger partial charge in [0.05, 0.1) is 0 Å². The number of rotatable bonds is 7. The van der Waals surface area contributed by atoms with Gasteiger partial charge in [-0.1, -0.05) is 66.7 Å². The lowest BCUT2D eigenvalue weighted by atomic mass is 10.1. The molecule has 0 saturated carbocycles. The summed E-state index contributed by atoms with van der Waals surface area (Å²) in [6, 6.07) is 22.7. The summed E-state index contributed by atoms with van der Waals surface area (Å²) in [5, 5.41) is 4.96. The van der Waals surface area contributed by atoms with Gasteiger partial charge in [0.2, 0.25) is 5.91 Å². The van der Waals surface area contributed by atoms with Crippen molar-refractivity contribution in [3.8, 4) is 5.75 Å². The summed E-state index contributed by atoms with van der Waals surface area (Å²) in [7, 11) is 0. The second-order valence-corrected chi connectivity index (χ2v) is 8.69. The molecule has 0 radical (unpaired) electrons. The Morgan fingerprint density at radius 2 is 1.58 bits per heavy atom. The van der Waals surface area contributed by atoms with Crippen LogP contribution in [0.1, 0.15) is 33.3 Å². The summed E-state index contributed by atoms with van der Waals surface area (Å²) >= 11 is 0. The third-order valence-electron chi connectivity index (χ3n) is 4.96. The van der Waals surface area contributed by atoms with Crippen LogP contribution in [0.25, 0.3) is 10.8 Å². The fourth-order valence-corrected chi connectivity index (χ4v) is 3.38. The average Bonchev–Trinajstić information content (AvgIpc) is 2.75. The van der Waals surface area contributed by atoms with E-state index < -0.39 is 6.04 Å². The molecule has 0 spiro atoms. The zero-order valence-electron chi connectivity index (χ0n) is 18.6. The van der Waals surface area contributed by atoms with E-state index in [2.05, 4.69) is 5.32 Å². The number of hydrogen-bond donors (Lipinski definition) is 1. The predicted octanol–water partition coefficient (Wildman–Crippen LogP) is 4.55. The molecular weight excluding hydrogens is 388 g/mol. The normalized spacial score (nSPS) is 12.3. The maximum atomic E-state index is 13.2. The molecule has 3 aromatic carbocycles. The minimum absolute atomic E-state index is 0.145. The number of carbonyl (C=O) groups is 2. The van der Waals surface area contributed by atoms with E-state index in [-0.39, 0.29) is 24.0 Å². The Hall–Kier alpha value is -3.34. The van der Waals surface area contributed by atoms with E-state index in [0.29, 0.717) is 12.3 Å². The number of amides is 2. The first-order valence-electron chi connectivity index (χ1n) is 10.5. The van der Waals surface area contributed by atoms with Crippen LogP contribution >= 0.6 is 0 Å². The minimum atomic E-state index is -0.636. The number of nitrogens with zero attached hydrogens (tertiary/aromatic N) is 1. The van der Waals surface area contributed by atoms with Crippen molar-refractivity contribution in [1.82, 2.24) is 10.2 Å². The number of ether oxygens (including phenoxy) is 1. The van der Waals surface area contributed by atoms with Crippen molar-refractivity contribution < 1.29 is 14.3 Å². The van der Waals surface area contributed by atoms with Gasteiger partial charge in [0, 0.05) is 17.5 Å². The van der Waals surface area contributed by atoms with Crippen LogP contribution in [-0.4, -0.2) is 34.9 Å². The molecular formula is C26H30N2O3. The summed E-state index contributed by atoms with van der Waals surface area (Å²) in [5.41, 5.74) is 0.572. The van der Waals surface area contributed by atoms with Crippen molar-refractivity contribution >= 4 is 22.6 Å². The molecule has 0 aliphatic heterocycles. The van der Waals surface area contributed by atoms with Crippen LogP contribution in [0.2, 0.25) is 0 Å². The number of benzene rings is 3. The number of nitrogens with one attached hydrogen (secondary N) is 1. The third-order valence-corrected chi connectivity index (χ3v) is 4.96. The molecule has 31 heavy (non-hydrogen) atoms. The Bertz CT molecular complexity index is 1040. The second-order valence-electron chi connectivity index (χ2n) is 8.69. The van der Waals surface area contributed by atoms with E-state index in [4.69, 9.17) is 4.74 Å². The van der Waals surface area contributed by atoms with Crippen molar-refractivity contribution in [3.63, 3.8) is 0 Å². The van der Waals surface area contributed by atoms with Gasteiger partial charge < -0.3 is 15.0 Å². The molecule has 3 aromatic rings. The Kier molecular flexibility index (Phi) is 6.95. The van der Waals surface area contributed by atoms with Gasteiger partial charge in [-0.3, -0.25) is 9.59 Å². The number of hydrogen-bond acceptors (Lipinski definition) is 3. The van der Waals surface area contributed by atoms with Crippen molar-refractivity contribution in [3.05, 3.63) is 78.4 Å². The fraction of sp³-hybridized carbons (Fsp3) is 0.308. The lowest BCUT2D eigenvalue weighted by Gasteiger charge is -2.31. The van der Waals surface area contributed by atoms with E-state index in [1.54, 1.807) is 11.8 Å². The monoisotopic (exact) mass is 418 g/mol. The van der Waals surface area contributed by atoms with Crippen molar-refractivity contribution in [2.24, 2.45) is 0 Å². The molecule has 0 bridgehead atoms. The molecule has 162 valence electrons. The van der Waals surface area contributed by atoms with Crippen LogP contribution in [0.15, 0.2) is 72.8 Å². The van der Waals surface area contributed by atoms with Crippen LogP contribution in [0.5, 0.6) is 5.75 Å². The number of fused-ring (bicyclic) bond motifs is 1. The minimum Gasteiger partial charge on any atom is -0.483 e. The van der Waals surface area contributed by atoms with Gasteiger partial charge in [0.15, 0.2) is 6.61 Å². The molecule has 1 N–H and O–H groups in total. The van der Waals surface area contributed by atoms with Crippen LogP contribution in [0, 0.1) is 0 Å². The van der Waals surface area contributed by atoms with E-state index in [9.17, 15) is 9.59 Å². The van der Waals surface area contributed by atoms with E-state index >= 15 is 0 Å². The van der Waals surface area contributed by atoms with Crippen molar-refractivity contribution in [1.29, 1.82) is 0 Å². The highest BCUT2D eigenvalue weighted by Crippen LogP contribution is 2.25. The van der Waals surface area contributed by atoms with Crippen LogP contribution in [-0.2, 0) is 16.1 Å². The summed E-state index contributed by atoms with van der Waals surface area (Å²) < 4.78 is 5.91. The van der Waals surface area contributed by atoms with Crippen LogP contribution in [0.3, 0.4) is 0 Å². The zero-order valence-corrected chi connectivity index (χ0v) is 18.6. The first kappa shape index (κ1) is 22.3. The molecule has 0 fully saturated rings. The standard InChI is InChI=1S/C26H30N2O3/c1-19(25(30)27-26(2,3)4)28(17-20-11-6-5-7-12-20)24(29)18-31-23-16-10-14-21-13-8-9-15-22(21)23/h5-16,19H,17-18H2,1-4H3,(H,27,30)/t19-/m0/s1. The molecule has 5 nitrogen and oxygen atoms in total. The topological polar surface area (TPSA) is 58.6 Å². The fourth-order valence-electron chi connectivity index (χ4n) is 3.38. The molecule has 0 heterocycles. The van der Waals surface area contributed by atoms with E-state index in [1.807, 2.05) is 93.6 Å². The SMILES string of the molecule is C[C@@H](C(=O)NC(C)(C)C)N(Cc1ccccc1)C(=O)COc1cccc2ccccc12. The van der Waals surface area contributed by atoms with Gasteiger partial charge in [-0.25, -0.2) is 0 Å². The van der Waals surface area contributed by atoms with E-state index in [0.717, 1.165) is 16.3 Å². The largest absolute Gasteiger partial charge is 0.483 e. The second kappa shape index (κ2) is 9.65. The van der Waals surface area contributed by atoms with Gasteiger partial charge in [-0.15, -0.1) is 0 Å². The Morgan fingerprint density at radius 1 is 0.935 bits per heavy atom. The summed E-state index contributed by atoms with van der Waals surface area (Å²) in [5.74, 6) is 0.216. The maximum Gasteiger partial charge on any atom is 0.261 e. The predicted molar refractivity (Wildman–Crippen MR) is 124 cm³/mol. The van der Waals surface area contributed by atoms with E-state index in [1.165, 1.54) is 0 Å². The van der Waals surface area contributed by atoms with Crippen LogP contribution in [0.4, 0.5) is 0 Å². The quantitative estimate of drug-likeness (QED) is 0.612.